The molecule has 19 heavy (non-hydrogen) atoms. The lowest BCUT2D eigenvalue weighted by Crippen LogP contribution is -2.18. The van der Waals surface area contributed by atoms with Crippen LogP contribution in [0.3, 0.4) is 0 Å². The number of halogens is 1. The normalized spacial score (nSPS) is 11.8. The average Bonchev–Trinajstić information content (AvgIpc) is 2.46. The first-order chi connectivity index (χ1) is 9.20. The van der Waals surface area contributed by atoms with Crippen molar-refractivity contribution in [2.75, 3.05) is 0 Å². The number of nitrogens with zero attached hydrogens (tertiary/aromatic N) is 2. The van der Waals surface area contributed by atoms with E-state index in [0.29, 0.717) is 17.1 Å². The van der Waals surface area contributed by atoms with Crippen molar-refractivity contribution in [3.8, 4) is 6.07 Å². The Morgan fingerprint density at radius 3 is 2.68 bits per heavy atom. The Balaban J connectivity index is 2.01. The number of benzene rings is 1. The van der Waals surface area contributed by atoms with E-state index < -0.39 is 0 Å². The van der Waals surface area contributed by atoms with Crippen molar-refractivity contribution >= 4 is 11.6 Å². The van der Waals surface area contributed by atoms with Gasteiger partial charge in [-0.2, -0.15) is 5.26 Å². The topological polar surface area (TPSA) is 48.7 Å². The quantitative estimate of drug-likeness (QED) is 0.926. The second-order valence-electron chi connectivity index (χ2n) is 4.30. The van der Waals surface area contributed by atoms with Gasteiger partial charge in [0, 0.05) is 30.0 Å². The molecular formula is C15H14ClN3. The molecule has 0 bridgehead atoms. The Kier molecular flexibility index (Phi) is 4.51. The van der Waals surface area contributed by atoms with Crippen molar-refractivity contribution in [3.63, 3.8) is 0 Å². The zero-order valence-electron chi connectivity index (χ0n) is 10.6. The van der Waals surface area contributed by atoms with E-state index in [1.54, 1.807) is 24.5 Å². The lowest BCUT2D eigenvalue weighted by atomic mass is 10.1. The number of aromatic nitrogens is 1. The van der Waals surface area contributed by atoms with Crippen LogP contribution in [0, 0.1) is 11.3 Å². The van der Waals surface area contributed by atoms with Crippen molar-refractivity contribution in [3.05, 3.63) is 64.4 Å². The molecule has 0 aliphatic heterocycles. The lowest BCUT2D eigenvalue weighted by molar-refractivity contribution is 0.574. The number of nitrogens with one attached hydrogen (secondary N) is 1. The molecule has 0 amide bonds. The highest BCUT2D eigenvalue weighted by molar-refractivity contribution is 6.31. The zero-order valence-corrected chi connectivity index (χ0v) is 11.4. The standard InChI is InChI=1S/C15H14ClN3/c1-11(13-4-6-18-7-5-13)19-10-14-3-2-12(9-17)8-15(14)16/h2-8,11,19H,10H2,1H3. The van der Waals surface area contributed by atoms with E-state index in [1.807, 2.05) is 18.2 Å². The molecule has 1 aromatic carbocycles. The van der Waals surface area contributed by atoms with E-state index in [1.165, 1.54) is 5.56 Å². The summed E-state index contributed by atoms with van der Waals surface area (Å²) in [4.78, 5) is 4.00. The maximum atomic E-state index is 8.79. The van der Waals surface area contributed by atoms with Crippen molar-refractivity contribution in [1.82, 2.24) is 10.3 Å². The average molecular weight is 272 g/mol. The number of nitriles is 1. The molecule has 2 aromatic rings. The van der Waals surface area contributed by atoms with Crippen molar-refractivity contribution in [1.29, 1.82) is 5.26 Å². The van der Waals surface area contributed by atoms with Gasteiger partial charge in [-0.1, -0.05) is 17.7 Å². The van der Waals surface area contributed by atoms with E-state index in [9.17, 15) is 0 Å². The van der Waals surface area contributed by atoms with Gasteiger partial charge in [0.25, 0.3) is 0 Å². The van der Waals surface area contributed by atoms with Gasteiger partial charge < -0.3 is 5.32 Å². The minimum Gasteiger partial charge on any atom is -0.306 e. The Morgan fingerprint density at radius 1 is 1.32 bits per heavy atom. The van der Waals surface area contributed by atoms with Gasteiger partial charge in [0.1, 0.15) is 0 Å². The summed E-state index contributed by atoms with van der Waals surface area (Å²) in [6, 6.07) is 11.6. The molecule has 0 fully saturated rings. The number of pyridine rings is 1. The summed E-state index contributed by atoms with van der Waals surface area (Å²) in [5.74, 6) is 0. The van der Waals surface area contributed by atoms with Gasteiger partial charge in [-0.15, -0.1) is 0 Å². The van der Waals surface area contributed by atoms with Gasteiger partial charge in [0.2, 0.25) is 0 Å². The summed E-state index contributed by atoms with van der Waals surface area (Å²) in [5, 5.41) is 12.8. The first kappa shape index (κ1) is 13.5. The van der Waals surface area contributed by atoms with Crippen LogP contribution < -0.4 is 5.32 Å². The summed E-state index contributed by atoms with van der Waals surface area (Å²) in [5.41, 5.74) is 2.75. The molecule has 2 rings (SSSR count). The molecule has 0 saturated heterocycles. The molecule has 1 N–H and O–H groups in total. The van der Waals surface area contributed by atoms with Crippen molar-refractivity contribution in [2.24, 2.45) is 0 Å². The largest absolute Gasteiger partial charge is 0.306 e. The number of hydrogen-bond donors (Lipinski definition) is 1. The van der Waals surface area contributed by atoms with Gasteiger partial charge in [0.05, 0.1) is 11.6 Å². The Bertz CT molecular complexity index is 590. The van der Waals surface area contributed by atoms with Crippen molar-refractivity contribution in [2.45, 2.75) is 19.5 Å². The van der Waals surface area contributed by atoms with Gasteiger partial charge >= 0.3 is 0 Å². The van der Waals surface area contributed by atoms with Crippen LogP contribution in [0.4, 0.5) is 0 Å². The molecule has 0 spiro atoms. The van der Waals surface area contributed by atoms with E-state index >= 15 is 0 Å². The molecule has 0 aliphatic rings. The van der Waals surface area contributed by atoms with Crippen LogP contribution >= 0.6 is 11.6 Å². The molecule has 1 aromatic heterocycles. The third-order valence-corrected chi connectivity index (χ3v) is 3.34. The van der Waals surface area contributed by atoms with Crippen molar-refractivity contribution < 1.29 is 0 Å². The molecule has 1 atom stereocenters. The smallest absolute Gasteiger partial charge is 0.0992 e. The molecular weight excluding hydrogens is 258 g/mol. The van der Waals surface area contributed by atoms with E-state index in [2.05, 4.69) is 23.3 Å². The van der Waals surface area contributed by atoms with E-state index in [-0.39, 0.29) is 6.04 Å². The summed E-state index contributed by atoms with van der Waals surface area (Å²) in [6.07, 6.45) is 3.56. The monoisotopic (exact) mass is 271 g/mol. The second-order valence-corrected chi connectivity index (χ2v) is 4.71. The number of hydrogen-bond acceptors (Lipinski definition) is 3. The van der Waals surface area contributed by atoms with Gasteiger partial charge in [-0.05, 0) is 42.3 Å². The van der Waals surface area contributed by atoms with Gasteiger partial charge in [-0.3, -0.25) is 4.98 Å². The van der Waals surface area contributed by atoms with Crippen LogP contribution in [0.2, 0.25) is 5.02 Å². The van der Waals surface area contributed by atoms with Crippen LogP contribution in [-0.2, 0) is 6.54 Å². The fourth-order valence-electron chi connectivity index (χ4n) is 1.79. The molecule has 1 heterocycles. The molecule has 4 heteroatoms. The number of rotatable bonds is 4. The third-order valence-electron chi connectivity index (χ3n) is 2.99. The molecule has 0 saturated carbocycles. The fourth-order valence-corrected chi connectivity index (χ4v) is 2.04. The highest BCUT2D eigenvalue weighted by Crippen LogP contribution is 2.19. The van der Waals surface area contributed by atoms with E-state index in [0.717, 1.165) is 5.56 Å². The Labute approximate surface area is 117 Å². The molecule has 0 aliphatic carbocycles. The predicted molar refractivity (Wildman–Crippen MR) is 75.7 cm³/mol. The second kappa shape index (κ2) is 6.33. The molecule has 3 nitrogen and oxygen atoms in total. The maximum Gasteiger partial charge on any atom is 0.0992 e. The Morgan fingerprint density at radius 2 is 2.05 bits per heavy atom. The molecule has 0 radical (unpaired) electrons. The summed E-state index contributed by atoms with van der Waals surface area (Å²) in [6.45, 7) is 2.75. The molecule has 1 unspecified atom stereocenters. The lowest BCUT2D eigenvalue weighted by Gasteiger charge is -2.14. The summed E-state index contributed by atoms with van der Waals surface area (Å²) >= 11 is 6.14. The van der Waals surface area contributed by atoms with Gasteiger partial charge in [-0.25, -0.2) is 0 Å². The van der Waals surface area contributed by atoms with Crippen LogP contribution in [0.15, 0.2) is 42.7 Å². The molecule has 96 valence electrons. The fraction of sp³-hybridized carbons (Fsp3) is 0.200. The SMILES string of the molecule is CC(NCc1ccc(C#N)cc1Cl)c1ccncc1. The predicted octanol–water partition coefficient (Wildman–Crippen LogP) is 3.46. The maximum absolute atomic E-state index is 8.79. The third kappa shape index (κ3) is 3.54. The highest BCUT2D eigenvalue weighted by atomic mass is 35.5. The minimum absolute atomic E-state index is 0.217. The van der Waals surface area contributed by atoms with Crippen LogP contribution in [-0.4, -0.2) is 4.98 Å². The Hall–Kier alpha value is -1.89. The van der Waals surface area contributed by atoms with Gasteiger partial charge in [0.15, 0.2) is 0 Å². The highest BCUT2D eigenvalue weighted by Gasteiger charge is 2.06. The summed E-state index contributed by atoms with van der Waals surface area (Å²) < 4.78 is 0. The minimum atomic E-state index is 0.217. The zero-order chi connectivity index (χ0) is 13.7. The van der Waals surface area contributed by atoms with Crippen LogP contribution in [0.5, 0.6) is 0 Å². The summed E-state index contributed by atoms with van der Waals surface area (Å²) in [7, 11) is 0. The van der Waals surface area contributed by atoms with Crippen LogP contribution in [0.1, 0.15) is 29.7 Å². The first-order valence-electron chi connectivity index (χ1n) is 6.02. The first-order valence-corrected chi connectivity index (χ1v) is 6.40. The van der Waals surface area contributed by atoms with Crippen LogP contribution in [0.25, 0.3) is 0 Å². The van der Waals surface area contributed by atoms with E-state index in [4.69, 9.17) is 16.9 Å².